The third-order valence-corrected chi connectivity index (χ3v) is 5.61. The summed E-state index contributed by atoms with van der Waals surface area (Å²) in [5.74, 6) is 1.16. The maximum Gasteiger partial charge on any atom is 0.408 e. The Morgan fingerprint density at radius 1 is 1.19 bits per heavy atom. The largest absolute Gasteiger partial charge is 0.444 e. The number of amides is 4. The number of carbonyl (C=O) groups is 4. The van der Waals surface area contributed by atoms with Gasteiger partial charge in [0.1, 0.15) is 17.7 Å². The Kier molecular flexibility index (Phi) is 10.3. The lowest BCUT2D eigenvalue weighted by molar-refractivity contribution is -0.143. The van der Waals surface area contributed by atoms with Crippen LogP contribution in [-0.4, -0.2) is 52.9 Å². The number of nitrogens with zero attached hydrogens (tertiary/aromatic N) is 1. The molecule has 1 aromatic carbocycles. The topological polar surface area (TPSA) is 131 Å². The van der Waals surface area contributed by atoms with Crippen molar-refractivity contribution in [3.05, 3.63) is 35.4 Å². The average molecular weight is 499 g/mol. The van der Waals surface area contributed by atoms with E-state index in [1.54, 1.807) is 45.0 Å². The van der Waals surface area contributed by atoms with E-state index in [9.17, 15) is 19.2 Å². The van der Waals surface area contributed by atoms with Crippen molar-refractivity contribution in [3.8, 4) is 12.3 Å². The zero-order valence-corrected chi connectivity index (χ0v) is 21.6. The molecule has 1 aliphatic carbocycles. The molecule has 2 unspecified atom stereocenters. The first-order chi connectivity index (χ1) is 17.0. The number of unbranched alkanes of at least 4 members (excludes halogenated alkanes) is 1. The molecular formula is C27H38N4O5. The number of benzene rings is 1. The van der Waals surface area contributed by atoms with Crippen molar-refractivity contribution in [3.63, 3.8) is 0 Å². The zero-order chi connectivity index (χ0) is 26.9. The number of primary amides is 1. The van der Waals surface area contributed by atoms with Crippen LogP contribution in [0.2, 0.25) is 0 Å². The van der Waals surface area contributed by atoms with Crippen molar-refractivity contribution < 1.29 is 23.9 Å². The van der Waals surface area contributed by atoms with E-state index in [4.69, 9.17) is 16.9 Å². The normalized spacial score (nSPS) is 14.6. The molecule has 196 valence electrons. The molecule has 0 heterocycles. The van der Waals surface area contributed by atoms with Crippen LogP contribution in [0.1, 0.15) is 83.4 Å². The SMILES string of the molecule is C#Cc1ccc(C(C(=O)NCCCC)N(C(=O)C(CCC(N)=O)NC(=O)OC(C)(C)C)C2CC2)cc1. The summed E-state index contributed by atoms with van der Waals surface area (Å²) in [5.41, 5.74) is 5.81. The van der Waals surface area contributed by atoms with Crippen LogP contribution in [0.4, 0.5) is 4.79 Å². The number of rotatable bonds is 12. The van der Waals surface area contributed by atoms with E-state index in [0.29, 0.717) is 17.7 Å². The van der Waals surface area contributed by atoms with Gasteiger partial charge in [0.15, 0.2) is 0 Å². The van der Waals surface area contributed by atoms with Gasteiger partial charge in [0.2, 0.25) is 17.7 Å². The summed E-state index contributed by atoms with van der Waals surface area (Å²) < 4.78 is 5.33. The molecule has 1 fully saturated rings. The molecule has 36 heavy (non-hydrogen) atoms. The second kappa shape index (κ2) is 13.0. The Morgan fingerprint density at radius 2 is 1.83 bits per heavy atom. The van der Waals surface area contributed by atoms with Crippen LogP contribution in [-0.2, 0) is 19.1 Å². The number of carbonyl (C=O) groups excluding carboxylic acids is 4. The van der Waals surface area contributed by atoms with Crippen LogP contribution >= 0.6 is 0 Å². The maximum atomic E-state index is 13.9. The van der Waals surface area contributed by atoms with Gasteiger partial charge in [-0.25, -0.2) is 4.79 Å². The highest BCUT2D eigenvalue weighted by molar-refractivity contribution is 5.93. The van der Waals surface area contributed by atoms with Gasteiger partial charge in [-0.2, -0.15) is 0 Å². The predicted molar refractivity (Wildman–Crippen MR) is 136 cm³/mol. The number of hydrogen-bond acceptors (Lipinski definition) is 5. The van der Waals surface area contributed by atoms with E-state index < -0.39 is 35.6 Å². The van der Waals surface area contributed by atoms with Crippen molar-refractivity contribution in [1.29, 1.82) is 0 Å². The molecule has 0 aromatic heterocycles. The van der Waals surface area contributed by atoms with Gasteiger partial charge in [-0.3, -0.25) is 14.4 Å². The van der Waals surface area contributed by atoms with Gasteiger partial charge in [-0.05, 0) is 64.2 Å². The van der Waals surface area contributed by atoms with E-state index in [1.165, 1.54) is 4.90 Å². The minimum absolute atomic E-state index is 0.0170. The van der Waals surface area contributed by atoms with Gasteiger partial charge < -0.3 is 26.0 Å². The minimum atomic E-state index is -1.09. The number of hydrogen-bond donors (Lipinski definition) is 3. The van der Waals surface area contributed by atoms with Gasteiger partial charge in [-0.15, -0.1) is 6.42 Å². The van der Waals surface area contributed by atoms with Crippen LogP contribution in [0.25, 0.3) is 0 Å². The number of ether oxygens (including phenoxy) is 1. The van der Waals surface area contributed by atoms with Crippen molar-refractivity contribution in [1.82, 2.24) is 15.5 Å². The number of alkyl carbamates (subject to hydrolysis) is 1. The molecule has 0 aliphatic heterocycles. The third kappa shape index (κ3) is 8.91. The summed E-state index contributed by atoms with van der Waals surface area (Å²) in [6, 6.07) is 4.72. The number of terminal acetylenes is 1. The number of nitrogens with one attached hydrogen (secondary N) is 2. The van der Waals surface area contributed by atoms with Gasteiger partial charge in [0, 0.05) is 24.6 Å². The first-order valence-electron chi connectivity index (χ1n) is 12.4. The maximum absolute atomic E-state index is 13.9. The lowest BCUT2D eigenvalue weighted by atomic mass is 10.00. The summed E-state index contributed by atoms with van der Waals surface area (Å²) in [7, 11) is 0. The van der Waals surface area contributed by atoms with E-state index in [1.807, 2.05) is 6.92 Å². The number of nitrogens with two attached hydrogens (primary N) is 1. The quantitative estimate of drug-likeness (QED) is 0.301. The molecule has 4 amide bonds. The summed E-state index contributed by atoms with van der Waals surface area (Å²) in [4.78, 5) is 52.9. The van der Waals surface area contributed by atoms with Crippen LogP contribution in [0.15, 0.2) is 24.3 Å². The van der Waals surface area contributed by atoms with Gasteiger partial charge in [0.25, 0.3) is 0 Å². The van der Waals surface area contributed by atoms with Crippen molar-refractivity contribution in [2.45, 2.75) is 89.9 Å². The minimum Gasteiger partial charge on any atom is -0.444 e. The van der Waals surface area contributed by atoms with E-state index in [-0.39, 0.29) is 24.8 Å². The van der Waals surface area contributed by atoms with Gasteiger partial charge >= 0.3 is 6.09 Å². The highest BCUT2D eigenvalue weighted by atomic mass is 16.6. The third-order valence-electron chi connectivity index (χ3n) is 5.61. The summed E-state index contributed by atoms with van der Waals surface area (Å²) >= 11 is 0. The molecule has 0 spiro atoms. The predicted octanol–water partition coefficient (Wildman–Crippen LogP) is 2.78. The molecule has 1 aliphatic rings. The molecule has 1 aromatic rings. The molecule has 2 rings (SSSR count). The van der Waals surface area contributed by atoms with Gasteiger partial charge in [-0.1, -0.05) is 31.4 Å². The van der Waals surface area contributed by atoms with Crippen LogP contribution in [0.5, 0.6) is 0 Å². The second-order valence-corrected chi connectivity index (χ2v) is 9.99. The van der Waals surface area contributed by atoms with Crippen molar-refractivity contribution in [2.75, 3.05) is 6.54 Å². The lowest BCUT2D eigenvalue weighted by Crippen LogP contribution is -2.54. The Hall–Kier alpha value is -3.54. The average Bonchev–Trinajstić information content (AvgIpc) is 3.63. The second-order valence-electron chi connectivity index (χ2n) is 9.99. The van der Waals surface area contributed by atoms with Crippen molar-refractivity contribution >= 4 is 23.8 Å². The first-order valence-corrected chi connectivity index (χ1v) is 12.4. The van der Waals surface area contributed by atoms with Crippen LogP contribution < -0.4 is 16.4 Å². The monoisotopic (exact) mass is 498 g/mol. The highest BCUT2D eigenvalue weighted by Gasteiger charge is 2.44. The molecule has 0 radical (unpaired) electrons. The molecule has 9 heteroatoms. The van der Waals surface area contributed by atoms with Gasteiger partial charge in [0.05, 0.1) is 0 Å². The van der Waals surface area contributed by atoms with E-state index >= 15 is 0 Å². The summed E-state index contributed by atoms with van der Waals surface area (Å²) in [6.07, 6.45) is 7.72. The zero-order valence-electron chi connectivity index (χ0n) is 21.6. The Morgan fingerprint density at radius 3 is 2.33 bits per heavy atom. The van der Waals surface area contributed by atoms with E-state index in [0.717, 1.165) is 25.7 Å². The smallest absolute Gasteiger partial charge is 0.408 e. The molecule has 1 saturated carbocycles. The first kappa shape index (κ1) is 28.7. The van der Waals surface area contributed by atoms with E-state index in [2.05, 4.69) is 16.6 Å². The van der Waals surface area contributed by atoms with Crippen LogP contribution in [0, 0.1) is 12.3 Å². The highest BCUT2D eigenvalue weighted by Crippen LogP contribution is 2.36. The fourth-order valence-electron chi connectivity index (χ4n) is 3.73. The standard InChI is InChI=1S/C27H38N4O5/c1-6-8-17-29-24(33)23(19-11-9-18(7-2)10-12-19)31(20-13-14-20)25(34)21(15-16-22(28)32)30-26(35)36-27(3,4)5/h2,9-12,20-21,23H,6,8,13-17H2,1,3-5H3,(H2,28,32)(H,29,33)(H,30,35). The molecular weight excluding hydrogens is 460 g/mol. The fraction of sp³-hybridized carbons (Fsp3) is 0.556. The molecule has 9 nitrogen and oxygen atoms in total. The summed E-state index contributed by atoms with van der Waals surface area (Å²) in [6.45, 7) is 7.62. The lowest BCUT2D eigenvalue weighted by Gasteiger charge is -2.34. The molecule has 2 atom stereocenters. The molecule has 4 N–H and O–H groups in total. The Bertz CT molecular complexity index is 973. The fourth-order valence-corrected chi connectivity index (χ4v) is 3.73. The Balaban J connectivity index is 2.42. The summed E-state index contributed by atoms with van der Waals surface area (Å²) in [5, 5.41) is 5.52. The van der Waals surface area contributed by atoms with Crippen LogP contribution in [0.3, 0.4) is 0 Å². The van der Waals surface area contributed by atoms with Crippen molar-refractivity contribution in [2.24, 2.45) is 5.73 Å². The molecule has 0 saturated heterocycles. The molecule has 0 bridgehead atoms. The Labute approximate surface area is 213 Å².